The molecule has 4 nitrogen and oxygen atoms in total. The Labute approximate surface area is 114 Å². The van der Waals surface area contributed by atoms with Crippen LogP contribution in [0.1, 0.15) is 6.92 Å². The fraction of sp³-hybridized carbons (Fsp3) is 0.400. The number of aliphatic hydroxyl groups is 1. The zero-order chi connectivity index (χ0) is 13.1. The number of hydrogen-bond acceptors (Lipinski definition) is 3. The Kier molecular flexibility index (Phi) is 5.40. The van der Waals surface area contributed by atoms with Crippen molar-refractivity contribution < 1.29 is 13.5 Å². The van der Waals surface area contributed by atoms with Crippen molar-refractivity contribution in [3.63, 3.8) is 0 Å². The topological polar surface area (TPSA) is 66.4 Å². The summed E-state index contributed by atoms with van der Waals surface area (Å²) >= 11 is 9.03. The summed E-state index contributed by atoms with van der Waals surface area (Å²) in [6, 6.07) is 4.61. The van der Waals surface area contributed by atoms with Crippen molar-refractivity contribution in [1.82, 2.24) is 4.72 Å². The molecule has 2 N–H and O–H groups in total. The maximum Gasteiger partial charge on any atom is 0.242 e. The molecule has 17 heavy (non-hydrogen) atoms. The summed E-state index contributed by atoms with van der Waals surface area (Å²) in [5.41, 5.74) is 0. The average Bonchev–Trinajstić information content (AvgIpc) is 2.29. The fourth-order valence-electron chi connectivity index (χ4n) is 1.08. The van der Waals surface area contributed by atoms with Crippen molar-refractivity contribution in [3.05, 3.63) is 27.7 Å². The molecule has 7 heteroatoms. The van der Waals surface area contributed by atoms with E-state index in [4.69, 9.17) is 16.7 Å². The zero-order valence-corrected chi connectivity index (χ0v) is 12.3. The molecule has 0 saturated carbocycles. The molecule has 0 aliphatic heterocycles. The van der Waals surface area contributed by atoms with Crippen molar-refractivity contribution in [2.24, 2.45) is 5.92 Å². The van der Waals surface area contributed by atoms with Crippen LogP contribution in [0.5, 0.6) is 0 Å². The minimum absolute atomic E-state index is 0.0266. The number of nitrogens with one attached hydrogen (secondary N) is 1. The van der Waals surface area contributed by atoms with Gasteiger partial charge in [0.15, 0.2) is 0 Å². The van der Waals surface area contributed by atoms with Gasteiger partial charge in [-0.05, 0) is 24.1 Å². The van der Waals surface area contributed by atoms with E-state index < -0.39 is 10.0 Å². The lowest BCUT2D eigenvalue weighted by molar-refractivity contribution is 0.238. The summed E-state index contributed by atoms with van der Waals surface area (Å²) in [5.74, 6) is -0.143. The molecule has 1 aromatic carbocycles. The van der Waals surface area contributed by atoms with Gasteiger partial charge >= 0.3 is 0 Å². The summed E-state index contributed by atoms with van der Waals surface area (Å²) < 4.78 is 26.9. The van der Waals surface area contributed by atoms with Crippen LogP contribution in [-0.2, 0) is 10.0 Å². The van der Waals surface area contributed by atoms with Crippen molar-refractivity contribution in [1.29, 1.82) is 0 Å². The van der Waals surface area contributed by atoms with Gasteiger partial charge in [0.25, 0.3) is 0 Å². The molecule has 0 aliphatic carbocycles. The molecule has 0 heterocycles. The van der Waals surface area contributed by atoms with E-state index in [1.54, 1.807) is 13.0 Å². The Morgan fingerprint density at radius 1 is 1.53 bits per heavy atom. The normalized spacial score (nSPS) is 13.6. The molecular weight excluding hydrogens is 330 g/mol. The Bertz CT molecular complexity index is 492. The third-order valence-corrected chi connectivity index (χ3v) is 4.51. The number of benzene rings is 1. The van der Waals surface area contributed by atoms with Crippen LogP contribution in [0.3, 0.4) is 0 Å². The summed E-state index contributed by atoms with van der Waals surface area (Å²) in [4.78, 5) is 0.0266. The predicted molar refractivity (Wildman–Crippen MR) is 70.6 cm³/mol. The van der Waals surface area contributed by atoms with Gasteiger partial charge in [-0.2, -0.15) is 0 Å². The third-order valence-electron chi connectivity index (χ3n) is 2.12. The summed E-state index contributed by atoms with van der Waals surface area (Å²) in [6.07, 6.45) is 0. The highest BCUT2D eigenvalue weighted by molar-refractivity contribution is 9.10. The quantitative estimate of drug-likeness (QED) is 0.860. The van der Waals surface area contributed by atoms with Crippen LogP contribution in [-0.4, -0.2) is 26.7 Å². The Hall–Kier alpha value is -0.140. The molecule has 0 fully saturated rings. The molecule has 0 aromatic heterocycles. The molecule has 0 spiro atoms. The zero-order valence-electron chi connectivity index (χ0n) is 9.15. The number of sulfonamides is 1. The van der Waals surface area contributed by atoms with Crippen molar-refractivity contribution in [2.45, 2.75) is 11.8 Å². The second kappa shape index (κ2) is 6.15. The van der Waals surface area contributed by atoms with E-state index in [1.165, 1.54) is 12.1 Å². The molecule has 1 atom stereocenters. The molecule has 1 unspecified atom stereocenters. The van der Waals surface area contributed by atoms with E-state index in [2.05, 4.69) is 20.7 Å². The fourth-order valence-corrected chi connectivity index (χ4v) is 3.28. The van der Waals surface area contributed by atoms with E-state index in [0.29, 0.717) is 4.47 Å². The Balaban J connectivity index is 2.93. The van der Waals surface area contributed by atoms with Crippen LogP contribution in [0.15, 0.2) is 27.6 Å². The number of aliphatic hydroxyl groups excluding tert-OH is 1. The highest BCUT2D eigenvalue weighted by Gasteiger charge is 2.18. The SMILES string of the molecule is CC(CO)CNS(=O)(=O)c1cc(Br)ccc1Cl. The van der Waals surface area contributed by atoms with Crippen LogP contribution < -0.4 is 4.72 Å². The average molecular weight is 343 g/mol. The van der Waals surface area contributed by atoms with Crippen molar-refractivity contribution in [2.75, 3.05) is 13.2 Å². The molecule has 1 aromatic rings. The van der Waals surface area contributed by atoms with E-state index in [9.17, 15) is 8.42 Å². The highest BCUT2D eigenvalue weighted by Crippen LogP contribution is 2.25. The monoisotopic (exact) mass is 341 g/mol. The summed E-state index contributed by atoms with van der Waals surface area (Å²) in [7, 11) is -3.64. The van der Waals surface area contributed by atoms with E-state index in [1.807, 2.05) is 0 Å². The van der Waals surface area contributed by atoms with Crippen molar-refractivity contribution in [3.8, 4) is 0 Å². The molecule has 1 rings (SSSR count). The Morgan fingerprint density at radius 2 is 2.18 bits per heavy atom. The third kappa shape index (κ3) is 4.22. The van der Waals surface area contributed by atoms with Gasteiger partial charge in [-0.3, -0.25) is 0 Å². The minimum atomic E-state index is -3.64. The smallest absolute Gasteiger partial charge is 0.242 e. The maximum atomic E-state index is 11.9. The lowest BCUT2D eigenvalue weighted by Crippen LogP contribution is -2.29. The second-order valence-electron chi connectivity index (χ2n) is 3.71. The van der Waals surface area contributed by atoms with Gasteiger partial charge in [0.2, 0.25) is 10.0 Å². The minimum Gasteiger partial charge on any atom is -0.396 e. The van der Waals surface area contributed by atoms with Gasteiger partial charge in [-0.25, -0.2) is 13.1 Å². The molecule has 0 amide bonds. The number of hydrogen-bond donors (Lipinski definition) is 2. The number of halogens is 2. The van der Waals surface area contributed by atoms with Gasteiger partial charge in [-0.1, -0.05) is 34.5 Å². The predicted octanol–water partition coefficient (Wildman–Crippen LogP) is 2.01. The first-order chi connectivity index (χ1) is 7.86. The first-order valence-electron chi connectivity index (χ1n) is 4.92. The largest absolute Gasteiger partial charge is 0.396 e. The lowest BCUT2D eigenvalue weighted by atomic mass is 10.2. The first kappa shape index (κ1) is 14.9. The lowest BCUT2D eigenvalue weighted by Gasteiger charge is -2.11. The van der Waals surface area contributed by atoms with Crippen molar-refractivity contribution >= 4 is 37.6 Å². The van der Waals surface area contributed by atoms with E-state index >= 15 is 0 Å². The van der Waals surface area contributed by atoms with Gasteiger partial charge in [0, 0.05) is 17.6 Å². The van der Waals surface area contributed by atoms with Crippen LogP contribution in [0.2, 0.25) is 5.02 Å². The van der Waals surface area contributed by atoms with Gasteiger partial charge in [0.05, 0.1) is 5.02 Å². The molecule has 0 aliphatic rings. The second-order valence-corrected chi connectivity index (χ2v) is 6.77. The maximum absolute atomic E-state index is 11.9. The van der Waals surface area contributed by atoms with Gasteiger partial charge in [0.1, 0.15) is 4.90 Å². The molecule has 0 saturated heterocycles. The van der Waals surface area contributed by atoms with Crippen LogP contribution in [0, 0.1) is 5.92 Å². The molecule has 0 radical (unpaired) electrons. The number of rotatable bonds is 5. The van der Waals surface area contributed by atoms with E-state index in [0.717, 1.165) is 0 Å². The van der Waals surface area contributed by atoms with Crippen LogP contribution in [0.25, 0.3) is 0 Å². The molecule has 0 bridgehead atoms. The Morgan fingerprint density at radius 3 is 2.76 bits per heavy atom. The van der Waals surface area contributed by atoms with Gasteiger partial charge < -0.3 is 5.11 Å². The highest BCUT2D eigenvalue weighted by atomic mass is 79.9. The van der Waals surface area contributed by atoms with E-state index in [-0.39, 0.29) is 29.0 Å². The molecule has 96 valence electrons. The molecular formula is C10H13BrClNO3S. The standard InChI is InChI=1S/C10H13BrClNO3S/c1-7(6-14)5-13-17(15,16)10-4-8(11)2-3-9(10)12/h2-4,7,13-14H,5-6H2,1H3. The van der Waals surface area contributed by atoms with Gasteiger partial charge in [-0.15, -0.1) is 0 Å². The first-order valence-corrected chi connectivity index (χ1v) is 7.58. The summed E-state index contributed by atoms with van der Waals surface area (Å²) in [5, 5.41) is 9.00. The van der Waals surface area contributed by atoms with Crippen LogP contribution >= 0.6 is 27.5 Å². The summed E-state index contributed by atoms with van der Waals surface area (Å²) in [6.45, 7) is 1.83. The van der Waals surface area contributed by atoms with Crippen LogP contribution in [0.4, 0.5) is 0 Å².